The predicted molar refractivity (Wildman–Crippen MR) is 68.9 cm³/mol. The lowest BCUT2D eigenvalue weighted by Gasteiger charge is -2.16. The molecule has 1 rings (SSSR count). The molecule has 1 unspecified atom stereocenters. The van der Waals surface area contributed by atoms with Crippen LogP contribution in [0.5, 0.6) is 0 Å². The monoisotopic (exact) mass is 248 g/mol. The van der Waals surface area contributed by atoms with E-state index in [-0.39, 0.29) is 18.4 Å². The van der Waals surface area contributed by atoms with Gasteiger partial charge in [-0.25, -0.2) is 0 Å². The van der Waals surface area contributed by atoms with Crippen molar-refractivity contribution in [2.24, 2.45) is 5.73 Å². The van der Waals surface area contributed by atoms with E-state index in [1.165, 1.54) is 5.56 Å². The van der Waals surface area contributed by atoms with Crippen LogP contribution in [0.3, 0.4) is 0 Å². The second kappa shape index (κ2) is 7.07. The molecule has 0 aliphatic heterocycles. The van der Waals surface area contributed by atoms with Crippen LogP contribution >= 0.6 is 24.0 Å². The Morgan fingerprint density at radius 3 is 2.60 bits per heavy atom. The average Bonchev–Trinajstić information content (AvgIpc) is 2.01. The largest absolute Gasteiger partial charge is 0.326 e. The first-order valence-electron chi connectivity index (χ1n) is 4.72. The molecule has 0 spiro atoms. The van der Waals surface area contributed by atoms with E-state index in [9.17, 15) is 0 Å². The number of halogens is 2. The number of nitrogens with two attached hydrogens (primary N) is 1. The fraction of sp³-hybridized carbons (Fsp3) is 0.455. The maximum Gasteiger partial charge on any atom is 0.0408 e. The Labute approximate surface area is 103 Å². The van der Waals surface area contributed by atoms with Gasteiger partial charge in [0, 0.05) is 17.6 Å². The van der Waals surface area contributed by atoms with E-state index in [1.807, 2.05) is 32.3 Å². The van der Waals surface area contributed by atoms with E-state index in [0.717, 1.165) is 18.0 Å². The first-order chi connectivity index (χ1) is 6.58. The Hall–Kier alpha value is -0.280. The molecule has 0 saturated carbocycles. The molecule has 0 aromatic heterocycles. The molecule has 2 nitrogen and oxygen atoms in total. The normalized spacial score (nSPS) is 12.3. The Morgan fingerprint density at radius 2 is 2.07 bits per heavy atom. The van der Waals surface area contributed by atoms with Gasteiger partial charge < -0.3 is 10.6 Å². The van der Waals surface area contributed by atoms with Crippen molar-refractivity contribution in [1.82, 2.24) is 4.90 Å². The molecule has 0 saturated heterocycles. The minimum atomic E-state index is 0. The van der Waals surface area contributed by atoms with Crippen molar-refractivity contribution < 1.29 is 0 Å². The molecule has 0 aliphatic rings. The van der Waals surface area contributed by atoms with Crippen LogP contribution in [0.15, 0.2) is 24.3 Å². The second-order valence-electron chi connectivity index (χ2n) is 3.86. The lowest BCUT2D eigenvalue weighted by Crippen LogP contribution is -2.34. The first kappa shape index (κ1) is 14.7. The summed E-state index contributed by atoms with van der Waals surface area (Å²) < 4.78 is 0. The predicted octanol–water partition coefficient (Wildman–Crippen LogP) is 2.19. The summed E-state index contributed by atoms with van der Waals surface area (Å²) in [5.41, 5.74) is 7.17. The van der Waals surface area contributed by atoms with Crippen molar-refractivity contribution in [3.63, 3.8) is 0 Å². The Balaban J connectivity index is 0.00000196. The van der Waals surface area contributed by atoms with Crippen LogP contribution in [0.25, 0.3) is 0 Å². The maximum atomic E-state index is 5.97. The lowest BCUT2D eigenvalue weighted by atomic mass is 10.1. The number of likely N-dealkylation sites (N-methyl/N-ethyl adjacent to an activating group) is 1. The zero-order chi connectivity index (χ0) is 10.6. The SMILES string of the molecule is CN(C)CC(N)Cc1cccc(Cl)c1.Cl. The highest BCUT2D eigenvalue weighted by molar-refractivity contribution is 6.30. The summed E-state index contributed by atoms with van der Waals surface area (Å²) in [5, 5.41) is 0.777. The number of rotatable bonds is 4. The van der Waals surface area contributed by atoms with E-state index >= 15 is 0 Å². The molecule has 0 aliphatic carbocycles. The van der Waals surface area contributed by atoms with Crippen molar-refractivity contribution in [2.75, 3.05) is 20.6 Å². The number of hydrogen-bond donors (Lipinski definition) is 1. The van der Waals surface area contributed by atoms with Crippen LogP contribution in [0.4, 0.5) is 0 Å². The smallest absolute Gasteiger partial charge is 0.0408 e. The third-order valence-corrected chi connectivity index (χ3v) is 2.22. The number of hydrogen-bond acceptors (Lipinski definition) is 2. The van der Waals surface area contributed by atoms with Gasteiger partial charge in [-0.2, -0.15) is 0 Å². The Bertz CT molecular complexity index is 290. The fourth-order valence-electron chi connectivity index (χ4n) is 1.50. The molecule has 1 aromatic rings. The van der Waals surface area contributed by atoms with E-state index < -0.39 is 0 Å². The summed E-state index contributed by atoms with van der Waals surface area (Å²) in [6, 6.07) is 8.03. The topological polar surface area (TPSA) is 29.3 Å². The number of nitrogens with zero attached hydrogens (tertiary/aromatic N) is 1. The summed E-state index contributed by atoms with van der Waals surface area (Å²) in [6.45, 7) is 0.895. The van der Waals surface area contributed by atoms with Crippen LogP contribution in [0.1, 0.15) is 5.56 Å². The zero-order valence-electron chi connectivity index (χ0n) is 9.11. The minimum Gasteiger partial charge on any atom is -0.326 e. The van der Waals surface area contributed by atoms with Gasteiger partial charge in [0.2, 0.25) is 0 Å². The lowest BCUT2D eigenvalue weighted by molar-refractivity contribution is 0.371. The molecule has 0 bridgehead atoms. The highest BCUT2D eigenvalue weighted by Gasteiger charge is 2.05. The van der Waals surface area contributed by atoms with Gasteiger partial charge in [-0.1, -0.05) is 23.7 Å². The highest BCUT2D eigenvalue weighted by Crippen LogP contribution is 2.11. The Morgan fingerprint density at radius 1 is 1.40 bits per heavy atom. The van der Waals surface area contributed by atoms with Crippen LogP contribution < -0.4 is 5.73 Å². The van der Waals surface area contributed by atoms with E-state index in [2.05, 4.69) is 11.0 Å². The zero-order valence-corrected chi connectivity index (χ0v) is 10.7. The standard InChI is InChI=1S/C11H17ClN2.ClH/c1-14(2)8-11(13)7-9-4-3-5-10(12)6-9;/h3-6,11H,7-8,13H2,1-2H3;1H. The second-order valence-corrected chi connectivity index (χ2v) is 4.29. The van der Waals surface area contributed by atoms with Gasteiger partial charge in [0.05, 0.1) is 0 Å². The Kier molecular flexibility index (Phi) is 6.94. The molecule has 15 heavy (non-hydrogen) atoms. The van der Waals surface area contributed by atoms with Crippen LogP contribution in [-0.4, -0.2) is 31.6 Å². The van der Waals surface area contributed by atoms with E-state index in [4.69, 9.17) is 17.3 Å². The van der Waals surface area contributed by atoms with Crippen LogP contribution in [0, 0.1) is 0 Å². The molecule has 2 N–H and O–H groups in total. The molecule has 1 aromatic carbocycles. The van der Waals surface area contributed by atoms with Crippen molar-refractivity contribution in [3.8, 4) is 0 Å². The van der Waals surface area contributed by atoms with Gasteiger partial charge in [0.25, 0.3) is 0 Å². The van der Waals surface area contributed by atoms with Gasteiger partial charge in [-0.3, -0.25) is 0 Å². The van der Waals surface area contributed by atoms with Crippen LogP contribution in [-0.2, 0) is 6.42 Å². The third kappa shape index (κ3) is 6.00. The molecule has 1 atom stereocenters. The van der Waals surface area contributed by atoms with Crippen molar-refractivity contribution >= 4 is 24.0 Å². The molecule has 0 radical (unpaired) electrons. The summed E-state index contributed by atoms with van der Waals surface area (Å²) in [6.07, 6.45) is 0.874. The van der Waals surface area contributed by atoms with Gasteiger partial charge in [0.15, 0.2) is 0 Å². The summed E-state index contributed by atoms with van der Waals surface area (Å²) in [4.78, 5) is 2.09. The van der Waals surface area contributed by atoms with Crippen molar-refractivity contribution in [1.29, 1.82) is 0 Å². The van der Waals surface area contributed by atoms with Crippen molar-refractivity contribution in [3.05, 3.63) is 34.9 Å². The highest BCUT2D eigenvalue weighted by atomic mass is 35.5. The van der Waals surface area contributed by atoms with E-state index in [0.29, 0.717) is 0 Å². The summed E-state index contributed by atoms with van der Waals surface area (Å²) in [5.74, 6) is 0. The maximum absolute atomic E-state index is 5.97. The molecule has 0 fully saturated rings. The first-order valence-corrected chi connectivity index (χ1v) is 5.10. The minimum absolute atomic E-state index is 0. The van der Waals surface area contributed by atoms with Gasteiger partial charge in [-0.05, 0) is 38.2 Å². The summed E-state index contributed by atoms with van der Waals surface area (Å²) >= 11 is 5.88. The third-order valence-electron chi connectivity index (χ3n) is 1.99. The van der Waals surface area contributed by atoms with E-state index in [1.54, 1.807) is 0 Å². The van der Waals surface area contributed by atoms with Gasteiger partial charge in [0.1, 0.15) is 0 Å². The quantitative estimate of drug-likeness (QED) is 0.886. The molecule has 86 valence electrons. The average molecular weight is 249 g/mol. The summed E-state index contributed by atoms with van der Waals surface area (Å²) in [7, 11) is 4.05. The molecule has 4 heteroatoms. The van der Waals surface area contributed by atoms with Crippen LogP contribution in [0.2, 0.25) is 5.02 Å². The molecule has 0 heterocycles. The number of benzene rings is 1. The van der Waals surface area contributed by atoms with Gasteiger partial charge in [-0.15, -0.1) is 12.4 Å². The van der Waals surface area contributed by atoms with Gasteiger partial charge >= 0.3 is 0 Å². The molecular weight excluding hydrogens is 231 g/mol. The molecule has 0 amide bonds. The fourth-order valence-corrected chi connectivity index (χ4v) is 1.71. The van der Waals surface area contributed by atoms with Crippen molar-refractivity contribution in [2.45, 2.75) is 12.5 Å². The molecular formula is C11H18Cl2N2.